The first-order chi connectivity index (χ1) is 7.74. The molecule has 2 aromatic carbocycles. The predicted molar refractivity (Wildman–Crippen MR) is 65.0 cm³/mol. The summed E-state index contributed by atoms with van der Waals surface area (Å²) >= 11 is 5.40. The van der Waals surface area contributed by atoms with Crippen LogP contribution in [0.2, 0.25) is 0 Å². The number of nitrogens with zero attached hydrogens (tertiary/aromatic N) is 1. The van der Waals surface area contributed by atoms with Crippen molar-refractivity contribution in [2.24, 2.45) is 4.51 Å². The number of benzene rings is 2. The van der Waals surface area contributed by atoms with Crippen molar-refractivity contribution in [1.29, 1.82) is 0 Å². The van der Waals surface area contributed by atoms with Gasteiger partial charge in [-0.1, -0.05) is 12.1 Å². The van der Waals surface area contributed by atoms with Gasteiger partial charge in [-0.05, 0) is 35.0 Å². The van der Waals surface area contributed by atoms with E-state index in [1.54, 1.807) is 12.1 Å². The van der Waals surface area contributed by atoms with E-state index in [1.165, 1.54) is 7.11 Å². The number of ether oxygens (including phenoxy) is 1. The fourth-order valence-electron chi connectivity index (χ4n) is 1.57. The summed E-state index contributed by atoms with van der Waals surface area (Å²) in [5.41, 5.74) is 0.802. The van der Waals surface area contributed by atoms with E-state index < -0.39 is 0 Å². The summed E-state index contributed by atoms with van der Waals surface area (Å²) in [5.74, 6) is 0.620. The number of aromatic hydroxyl groups is 1. The molecule has 0 saturated heterocycles. The number of halogens is 1. The summed E-state index contributed by atoms with van der Waals surface area (Å²) in [6.45, 7) is 0. The summed E-state index contributed by atoms with van der Waals surface area (Å²) in [6, 6.07) is 10.8. The summed E-state index contributed by atoms with van der Waals surface area (Å²) in [4.78, 5) is 0. The molecule has 4 heteroatoms. The Kier molecular flexibility index (Phi) is 2.97. The Balaban J connectivity index is 2.56. The number of hydrogen-bond donors (Lipinski definition) is 1. The van der Waals surface area contributed by atoms with Gasteiger partial charge in [0.1, 0.15) is 5.75 Å². The quantitative estimate of drug-likeness (QED) is 0.610. The Morgan fingerprint density at radius 3 is 2.56 bits per heavy atom. The second kappa shape index (κ2) is 4.41. The monoisotopic (exact) mass is 235 g/mol. The number of rotatable bonds is 1. The maximum Gasteiger partial charge on any atom is 0.233 e. The van der Waals surface area contributed by atoms with Crippen molar-refractivity contribution in [3.05, 3.63) is 42.0 Å². The molecule has 0 bridgehead atoms. The minimum absolute atomic E-state index is 0.248. The zero-order valence-corrected chi connectivity index (χ0v) is 9.40. The van der Waals surface area contributed by atoms with Gasteiger partial charge >= 0.3 is 0 Å². The molecule has 0 heterocycles. The van der Waals surface area contributed by atoms with Crippen LogP contribution < -0.4 is 0 Å². The Morgan fingerprint density at radius 1 is 1.19 bits per heavy atom. The average Bonchev–Trinajstić information content (AvgIpc) is 2.31. The van der Waals surface area contributed by atoms with Crippen LogP contribution in [-0.2, 0) is 4.74 Å². The number of fused-ring (bicyclic) bond motifs is 1. The van der Waals surface area contributed by atoms with Crippen LogP contribution in [-0.4, -0.2) is 18.1 Å². The van der Waals surface area contributed by atoms with E-state index in [9.17, 15) is 5.11 Å². The Bertz CT molecular complexity index is 552. The number of phenols is 1. The normalized spacial score (nSPS) is 11.8. The molecule has 0 unspecified atom stereocenters. The maximum atomic E-state index is 9.33. The van der Waals surface area contributed by atoms with Gasteiger partial charge in [-0.25, -0.2) is 0 Å². The topological polar surface area (TPSA) is 41.8 Å². The molecule has 0 atom stereocenters. The standard InChI is InChI=1S/C12H10ClNO2/c1-16-12(14-13)10-3-2-9-7-11(15)5-4-8(9)6-10/h2-7,15H,1H3/b14-12+. The lowest BCUT2D eigenvalue weighted by atomic mass is 10.1. The van der Waals surface area contributed by atoms with Crippen LogP contribution in [0.4, 0.5) is 0 Å². The fourth-order valence-corrected chi connectivity index (χ4v) is 1.73. The molecule has 1 N–H and O–H groups in total. The maximum absolute atomic E-state index is 9.33. The molecule has 3 nitrogen and oxygen atoms in total. The van der Waals surface area contributed by atoms with Crippen molar-refractivity contribution in [1.82, 2.24) is 0 Å². The molecule has 0 fully saturated rings. The number of methoxy groups -OCH3 is 1. The molecule has 0 aliphatic rings. The molecule has 2 rings (SSSR count). The van der Waals surface area contributed by atoms with Gasteiger partial charge < -0.3 is 9.84 Å². The van der Waals surface area contributed by atoms with Crippen LogP contribution in [0.15, 0.2) is 40.9 Å². The fraction of sp³-hybridized carbons (Fsp3) is 0.0833. The van der Waals surface area contributed by atoms with Crippen LogP contribution in [0.25, 0.3) is 10.8 Å². The van der Waals surface area contributed by atoms with E-state index in [4.69, 9.17) is 16.5 Å². The van der Waals surface area contributed by atoms with Gasteiger partial charge in [0.05, 0.1) is 7.11 Å². The van der Waals surface area contributed by atoms with Crippen LogP contribution in [0.3, 0.4) is 0 Å². The number of phenolic OH excluding ortho intramolecular Hbond substituents is 1. The lowest BCUT2D eigenvalue weighted by Crippen LogP contribution is -2.01. The van der Waals surface area contributed by atoms with Crippen molar-refractivity contribution >= 4 is 28.4 Å². The summed E-state index contributed by atoms with van der Waals surface area (Å²) in [6.07, 6.45) is 0. The predicted octanol–water partition coefficient (Wildman–Crippen LogP) is 3.09. The molecular formula is C12H10ClNO2. The Morgan fingerprint density at radius 2 is 1.88 bits per heavy atom. The highest BCUT2D eigenvalue weighted by Gasteiger charge is 2.04. The lowest BCUT2D eigenvalue weighted by molar-refractivity contribution is 0.406. The highest BCUT2D eigenvalue weighted by atomic mass is 35.5. The van der Waals surface area contributed by atoms with Gasteiger partial charge in [-0.3, -0.25) is 0 Å². The molecule has 0 amide bonds. The van der Waals surface area contributed by atoms with E-state index in [0.29, 0.717) is 5.90 Å². The third kappa shape index (κ3) is 1.95. The van der Waals surface area contributed by atoms with Crippen LogP contribution in [0.5, 0.6) is 5.75 Å². The van der Waals surface area contributed by atoms with Gasteiger partial charge in [0.2, 0.25) is 5.90 Å². The zero-order chi connectivity index (χ0) is 11.5. The third-order valence-corrected chi connectivity index (χ3v) is 2.49. The molecular weight excluding hydrogens is 226 g/mol. The Labute approximate surface area is 98.1 Å². The van der Waals surface area contributed by atoms with E-state index in [-0.39, 0.29) is 5.75 Å². The molecule has 16 heavy (non-hydrogen) atoms. The molecule has 0 spiro atoms. The van der Waals surface area contributed by atoms with E-state index >= 15 is 0 Å². The molecule has 0 aromatic heterocycles. The molecule has 0 aliphatic carbocycles. The Hall–Kier alpha value is -1.74. The third-order valence-electron chi connectivity index (χ3n) is 2.34. The minimum atomic E-state index is 0.248. The van der Waals surface area contributed by atoms with Crippen LogP contribution in [0, 0.1) is 0 Å². The van der Waals surface area contributed by atoms with Crippen LogP contribution >= 0.6 is 11.8 Å². The van der Waals surface area contributed by atoms with E-state index in [0.717, 1.165) is 16.3 Å². The number of hydrogen-bond acceptors (Lipinski definition) is 3. The summed E-state index contributed by atoms with van der Waals surface area (Å²) < 4.78 is 8.55. The molecule has 82 valence electrons. The summed E-state index contributed by atoms with van der Waals surface area (Å²) in [7, 11) is 1.52. The largest absolute Gasteiger partial charge is 0.508 e. The average molecular weight is 236 g/mol. The van der Waals surface area contributed by atoms with Gasteiger partial charge in [0.25, 0.3) is 0 Å². The smallest absolute Gasteiger partial charge is 0.233 e. The second-order valence-electron chi connectivity index (χ2n) is 3.34. The van der Waals surface area contributed by atoms with Crippen molar-refractivity contribution in [2.45, 2.75) is 0 Å². The lowest BCUT2D eigenvalue weighted by Gasteiger charge is -2.05. The first kappa shape index (κ1) is 10.8. The van der Waals surface area contributed by atoms with Crippen molar-refractivity contribution in [3.8, 4) is 5.75 Å². The SMILES string of the molecule is CO/C(=N/Cl)c1ccc2cc(O)ccc2c1. The highest BCUT2D eigenvalue weighted by Crippen LogP contribution is 2.21. The molecule has 0 aliphatic heterocycles. The highest BCUT2D eigenvalue weighted by molar-refractivity contribution is 6.21. The van der Waals surface area contributed by atoms with E-state index in [2.05, 4.69) is 4.51 Å². The molecule has 2 aromatic rings. The van der Waals surface area contributed by atoms with Crippen molar-refractivity contribution in [3.63, 3.8) is 0 Å². The molecule has 0 saturated carbocycles. The van der Waals surface area contributed by atoms with Crippen molar-refractivity contribution < 1.29 is 9.84 Å². The summed E-state index contributed by atoms with van der Waals surface area (Å²) in [5, 5.41) is 11.3. The van der Waals surface area contributed by atoms with E-state index in [1.807, 2.05) is 24.3 Å². The first-order valence-corrected chi connectivity index (χ1v) is 5.04. The van der Waals surface area contributed by atoms with Crippen molar-refractivity contribution in [2.75, 3.05) is 7.11 Å². The zero-order valence-electron chi connectivity index (χ0n) is 8.64. The van der Waals surface area contributed by atoms with Gasteiger partial charge in [-0.2, -0.15) is 0 Å². The van der Waals surface area contributed by atoms with Crippen LogP contribution in [0.1, 0.15) is 5.56 Å². The first-order valence-electron chi connectivity index (χ1n) is 4.70. The minimum Gasteiger partial charge on any atom is -0.508 e. The second-order valence-corrected chi connectivity index (χ2v) is 3.51. The van der Waals surface area contributed by atoms with Gasteiger partial charge in [-0.15, -0.1) is 4.51 Å². The van der Waals surface area contributed by atoms with Gasteiger partial charge in [0.15, 0.2) is 0 Å². The van der Waals surface area contributed by atoms with Gasteiger partial charge in [0, 0.05) is 17.3 Å². The molecule has 0 radical (unpaired) electrons.